The van der Waals surface area contributed by atoms with Gasteiger partial charge in [-0.15, -0.1) is 0 Å². The first-order valence-corrected chi connectivity index (χ1v) is 9.71. The van der Waals surface area contributed by atoms with Gasteiger partial charge in [0.2, 0.25) is 0 Å². The Morgan fingerprint density at radius 2 is 2.03 bits per heavy atom. The lowest BCUT2D eigenvalue weighted by Gasteiger charge is -2.00. The van der Waals surface area contributed by atoms with E-state index in [0.717, 1.165) is 11.3 Å². The molecule has 0 saturated heterocycles. The van der Waals surface area contributed by atoms with E-state index in [9.17, 15) is 15.0 Å². The van der Waals surface area contributed by atoms with Crippen molar-refractivity contribution in [3.05, 3.63) is 54.1 Å². The third kappa shape index (κ3) is 10.3. The summed E-state index contributed by atoms with van der Waals surface area (Å²) < 4.78 is 6.55. The van der Waals surface area contributed by atoms with Crippen molar-refractivity contribution in [2.75, 3.05) is 13.7 Å². The summed E-state index contributed by atoms with van der Waals surface area (Å²) in [6, 6.07) is 7.40. The van der Waals surface area contributed by atoms with Gasteiger partial charge in [-0.2, -0.15) is 4.84 Å². The predicted molar refractivity (Wildman–Crippen MR) is 114 cm³/mol. The molecule has 2 N–H and O–H groups in total. The van der Waals surface area contributed by atoms with Crippen LogP contribution in [-0.2, 0) is 9.63 Å². The largest absolute Gasteiger partial charge is 0.497 e. The molecular formula is C24H26NO5+. The fourth-order valence-corrected chi connectivity index (χ4v) is 2.24. The molecule has 0 spiro atoms. The summed E-state index contributed by atoms with van der Waals surface area (Å²) in [5.74, 6) is 11.8. The van der Waals surface area contributed by atoms with Crippen LogP contribution in [-0.4, -0.2) is 53.0 Å². The summed E-state index contributed by atoms with van der Waals surface area (Å²) >= 11 is 0. The second-order valence-corrected chi connectivity index (χ2v) is 6.49. The molecule has 0 amide bonds. The topological polar surface area (TPSA) is 79.0 Å². The molecule has 1 aromatic rings. The fourth-order valence-electron chi connectivity index (χ4n) is 2.24. The van der Waals surface area contributed by atoms with Crippen LogP contribution < -0.4 is 4.74 Å². The summed E-state index contributed by atoms with van der Waals surface area (Å²) in [5, 5.41) is 19.7. The minimum absolute atomic E-state index is 0.251. The quantitative estimate of drug-likeness (QED) is 0.283. The molecule has 0 aromatic heterocycles. The number of allylic oxidation sites excluding steroid dienone is 3. The molecule has 156 valence electrons. The maximum atomic E-state index is 11.4. The molecular weight excluding hydrogens is 382 g/mol. The molecule has 0 radical (unpaired) electrons. The Hall–Kier alpha value is -3.32. The van der Waals surface area contributed by atoms with Crippen LogP contribution in [0.1, 0.15) is 31.2 Å². The monoisotopic (exact) mass is 408 g/mol. The molecule has 0 saturated carbocycles. The van der Waals surface area contributed by atoms with Crippen LogP contribution >= 0.6 is 0 Å². The van der Waals surface area contributed by atoms with E-state index in [2.05, 4.69) is 23.7 Å². The van der Waals surface area contributed by atoms with Crippen LogP contribution in [0, 0.1) is 23.7 Å². The van der Waals surface area contributed by atoms with Crippen molar-refractivity contribution >= 4 is 12.2 Å². The third-order valence-electron chi connectivity index (χ3n) is 3.92. The lowest BCUT2D eigenvalue weighted by atomic mass is 10.1. The van der Waals surface area contributed by atoms with Crippen molar-refractivity contribution in [1.29, 1.82) is 0 Å². The Bertz CT molecular complexity index is 907. The highest BCUT2D eigenvalue weighted by atomic mass is 16.7. The highest BCUT2D eigenvalue weighted by molar-refractivity contribution is 5.70. The van der Waals surface area contributed by atoms with Crippen molar-refractivity contribution in [1.82, 2.24) is 0 Å². The predicted octanol–water partition coefficient (Wildman–Crippen LogP) is 2.00. The summed E-state index contributed by atoms with van der Waals surface area (Å²) in [4.78, 5) is 16.3. The van der Waals surface area contributed by atoms with Gasteiger partial charge in [-0.25, -0.2) is 4.79 Å². The smallest absolute Gasteiger partial charge is 0.379 e. The minimum atomic E-state index is -0.793. The van der Waals surface area contributed by atoms with Gasteiger partial charge in [0.25, 0.3) is 12.8 Å². The summed E-state index contributed by atoms with van der Waals surface area (Å²) in [5.41, 5.74) is 0.858. The van der Waals surface area contributed by atoms with Gasteiger partial charge in [0, 0.05) is 12.0 Å². The molecule has 1 aliphatic rings. The number of hydroxylamine groups is 1. The number of carbonyl (C=O) groups is 1. The Morgan fingerprint density at radius 1 is 1.27 bits per heavy atom. The van der Waals surface area contributed by atoms with Crippen LogP contribution in [0.15, 0.2) is 48.6 Å². The van der Waals surface area contributed by atoms with E-state index in [1.54, 1.807) is 37.6 Å². The maximum Gasteiger partial charge on any atom is 0.379 e. The Balaban J connectivity index is 1.61. The van der Waals surface area contributed by atoms with Gasteiger partial charge in [-0.1, -0.05) is 41.9 Å². The summed E-state index contributed by atoms with van der Waals surface area (Å²) in [7, 11) is 1.61. The number of aliphatic hydroxyl groups excluding tert-OH is 2. The first-order chi connectivity index (χ1) is 14.6. The number of ether oxygens (including phenoxy) is 1. The molecule has 6 heteroatoms. The maximum absolute atomic E-state index is 11.4. The molecule has 1 aromatic carbocycles. The standard InChI is InChI=1S/C24H26NO5/c1-29-23-16-14-20(15-17-23)8-6-11-21(26)9-4-2-3-5-10-22(27)12-7-13-24(28)30-25-18-19-25/h2-4,9,14-18,21-22,26-27H,7,11-13,19H2,1H3/q+1. The first-order valence-electron chi connectivity index (χ1n) is 9.71. The third-order valence-corrected chi connectivity index (χ3v) is 3.92. The Kier molecular flexibility index (Phi) is 9.96. The molecule has 30 heavy (non-hydrogen) atoms. The number of aliphatic hydroxyl groups is 2. The normalized spacial score (nSPS) is 14.2. The Labute approximate surface area is 177 Å². The number of carbonyl (C=O) groups excluding carboxylic acids is 1. The van der Waals surface area contributed by atoms with E-state index in [0.29, 0.717) is 25.8 Å². The zero-order chi connectivity index (χ0) is 21.6. The van der Waals surface area contributed by atoms with Crippen LogP contribution in [0.2, 0.25) is 0 Å². The number of methoxy groups -OCH3 is 1. The number of hydrogen-bond donors (Lipinski definition) is 2. The van der Waals surface area contributed by atoms with Crippen molar-refractivity contribution in [3.63, 3.8) is 0 Å². The molecule has 1 aliphatic heterocycles. The van der Waals surface area contributed by atoms with E-state index in [1.165, 1.54) is 4.74 Å². The zero-order valence-corrected chi connectivity index (χ0v) is 17.0. The van der Waals surface area contributed by atoms with Crippen molar-refractivity contribution in [2.45, 2.75) is 37.9 Å². The second-order valence-electron chi connectivity index (χ2n) is 6.49. The van der Waals surface area contributed by atoms with Gasteiger partial charge in [0.15, 0.2) is 0 Å². The van der Waals surface area contributed by atoms with Crippen LogP contribution in [0.4, 0.5) is 0 Å². The van der Waals surface area contributed by atoms with E-state index < -0.39 is 12.2 Å². The van der Waals surface area contributed by atoms with E-state index in [4.69, 9.17) is 9.57 Å². The van der Waals surface area contributed by atoms with Crippen molar-refractivity contribution in [2.24, 2.45) is 0 Å². The van der Waals surface area contributed by atoms with Gasteiger partial charge in [0.1, 0.15) is 11.9 Å². The summed E-state index contributed by atoms with van der Waals surface area (Å²) in [6.45, 7) is 0.675. The number of benzene rings is 1. The molecule has 1 heterocycles. The molecule has 6 nitrogen and oxygen atoms in total. The highest BCUT2D eigenvalue weighted by Crippen LogP contribution is 2.10. The van der Waals surface area contributed by atoms with Crippen LogP contribution in [0.25, 0.3) is 0 Å². The van der Waals surface area contributed by atoms with Gasteiger partial charge >= 0.3 is 5.97 Å². The minimum Gasteiger partial charge on any atom is -0.497 e. The van der Waals surface area contributed by atoms with E-state index >= 15 is 0 Å². The molecule has 2 atom stereocenters. The highest BCUT2D eigenvalue weighted by Gasteiger charge is 2.23. The van der Waals surface area contributed by atoms with E-state index in [-0.39, 0.29) is 12.4 Å². The summed E-state index contributed by atoms with van der Waals surface area (Å²) in [6.07, 6.45) is 8.33. The molecule has 0 fully saturated rings. The number of rotatable bonds is 9. The zero-order valence-electron chi connectivity index (χ0n) is 17.0. The van der Waals surface area contributed by atoms with Gasteiger partial charge < -0.3 is 14.9 Å². The molecule has 2 rings (SSSR count). The van der Waals surface area contributed by atoms with Gasteiger partial charge in [-0.3, -0.25) is 0 Å². The second kappa shape index (κ2) is 13.0. The van der Waals surface area contributed by atoms with Crippen LogP contribution in [0.3, 0.4) is 0 Å². The molecule has 0 bridgehead atoms. The number of nitrogens with zero attached hydrogens (tertiary/aromatic N) is 1. The van der Waals surface area contributed by atoms with E-state index in [1.807, 2.05) is 24.3 Å². The SMILES string of the molecule is COc1ccc(C#CCC(O)C=CC=CC#CC(O)CCCC(=O)O[N+]2=CC2)cc1. The first kappa shape index (κ1) is 23.0. The van der Waals surface area contributed by atoms with Crippen molar-refractivity contribution < 1.29 is 29.3 Å². The lowest BCUT2D eigenvalue weighted by molar-refractivity contribution is -0.699. The molecule has 2 unspecified atom stereocenters. The average molecular weight is 408 g/mol. The Morgan fingerprint density at radius 3 is 2.73 bits per heavy atom. The average Bonchev–Trinajstić information content (AvgIpc) is 3.55. The van der Waals surface area contributed by atoms with Crippen LogP contribution in [0.5, 0.6) is 5.75 Å². The van der Waals surface area contributed by atoms with Gasteiger partial charge in [0.05, 0.1) is 19.6 Å². The number of hydrogen-bond acceptors (Lipinski definition) is 5. The fraction of sp³-hybridized carbons (Fsp3) is 0.333. The van der Waals surface area contributed by atoms with Gasteiger partial charge in [-0.05, 0) is 47.9 Å². The van der Waals surface area contributed by atoms with Crippen molar-refractivity contribution in [3.8, 4) is 29.4 Å². The molecule has 0 aliphatic carbocycles. The lowest BCUT2D eigenvalue weighted by Crippen LogP contribution is -2.09.